The molecule has 0 saturated carbocycles. The summed E-state index contributed by atoms with van der Waals surface area (Å²) < 4.78 is 0. The third-order valence-corrected chi connectivity index (χ3v) is 2.76. The van der Waals surface area contributed by atoms with Crippen LogP contribution in [0, 0.1) is 10.1 Å². The molecule has 1 heterocycles. The largest absolute Gasteiger partial charge is 0.382 e. The van der Waals surface area contributed by atoms with E-state index in [1.807, 2.05) is 0 Å². The summed E-state index contributed by atoms with van der Waals surface area (Å²) in [4.78, 5) is 34.7. The van der Waals surface area contributed by atoms with Crippen molar-refractivity contribution < 1.29 is 14.5 Å². The average molecular weight is 264 g/mol. The number of amides is 2. The first-order valence-electron chi connectivity index (χ1n) is 5.55. The minimum atomic E-state index is -0.530. The molecule has 0 bridgehead atoms. The van der Waals surface area contributed by atoms with Gasteiger partial charge in [0, 0.05) is 7.05 Å². The van der Waals surface area contributed by atoms with E-state index < -0.39 is 16.7 Å². The fraction of sp³-hybridized carbons (Fsp3) is 0.273. The van der Waals surface area contributed by atoms with Gasteiger partial charge in [-0.1, -0.05) is 6.07 Å². The lowest BCUT2D eigenvalue weighted by molar-refractivity contribution is -0.383. The lowest BCUT2D eigenvalue weighted by Crippen LogP contribution is -2.51. The van der Waals surface area contributed by atoms with Gasteiger partial charge in [-0.2, -0.15) is 0 Å². The molecule has 0 unspecified atom stereocenters. The van der Waals surface area contributed by atoms with Crippen LogP contribution in [0.1, 0.15) is 0 Å². The molecular formula is C11H12N4O4. The number of carbonyl (C=O) groups excluding carboxylic acids is 2. The average Bonchev–Trinajstić information content (AvgIpc) is 2.36. The number of nitrogens with one attached hydrogen (secondary N) is 2. The molecule has 8 heteroatoms. The number of hydrogen-bond acceptors (Lipinski definition) is 6. The molecule has 2 N–H and O–H groups in total. The van der Waals surface area contributed by atoms with E-state index in [9.17, 15) is 19.7 Å². The van der Waals surface area contributed by atoms with Crippen molar-refractivity contribution in [2.45, 2.75) is 0 Å². The maximum absolute atomic E-state index is 11.3. The fourth-order valence-electron chi connectivity index (χ4n) is 1.99. The standard InChI is InChI=1S/C11H12N4O4/c1-12-7-3-2-4-8(11(7)15(18)19)14-5-9(16)13-10(17)6-14/h2-4,12H,5-6H2,1H3,(H,13,16,17). The van der Waals surface area contributed by atoms with Gasteiger partial charge in [0.1, 0.15) is 11.4 Å². The number of carbonyl (C=O) groups is 2. The topological polar surface area (TPSA) is 105 Å². The lowest BCUT2D eigenvalue weighted by atomic mass is 10.2. The number of hydrogen-bond donors (Lipinski definition) is 2. The van der Waals surface area contributed by atoms with Crippen molar-refractivity contribution >= 4 is 28.9 Å². The Morgan fingerprint density at radius 3 is 2.47 bits per heavy atom. The molecule has 2 rings (SSSR count). The molecule has 0 aromatic heterocycles. The highest BCUT2D eigenvalue weighted by Gasteiger charge is 2.29. The van der Waals surface area contributed by atoms with Crippen LogP contribution < -0.4 is 15.5 Å². The highest BCUT2D eigenvalue weighted by atomic mass is 16.6. The molecule has 1 aromatic carbocycles. The molecule has 0 radical (unpaired) electrons. The number of imide groups is 1. The third-order valence-electron chi connectivity index (χ3n) is 2.76. The van der Waals surface area contributed by atoms with Crippen LogP contribution in [0.2, 0.25) is 0 Å². The van der Waals surface area contributed by atoms with Gasteiger partial charge in [-0.05, 0) is 12.1 Å². The van der Waals surface area contributed by atoms with Gasteiger partial charge in [0.2, 0.25) is 11.8 Å². The number of anilines is 2. The molecule has 1 fully saturated rings. The fourth-order valence-corrected chi connectivity index (χ4v) is 1.99. The molecule has 0 atom stereocenters. The smallest absolute Gasteiger partial charge is 0.315 e. The summed E-state index contributed by atoms with van der Waals surface area (Å²) in [5.41, 5.74) is 0.438. The summed E-state index contributed by atoms with van der Waals surface area (Å²) in [6, 6.07) is 4.71. The zero-order valence-electron chi connectivity index (χ0n) is 10.2. The van der Waals surface area contributed by atoms with Crippen LogP contribution >= 0.6 is 0 Å². The normalized spacial score (nSPS) is 15.1. The Kier molecular flexibility index (Phi) is 3.32. The number of rotatable bonds is 3. The first-order chi connectivity index (χ1) is 9.02. The van der Waals surface area contributed by atoms with Crippen LogP contribution in [-0.4, -0.2) is 36.9 Å². The van der Waals surface area contributed by atoms with Gasteiger partial charge in [-0.15, -0.1) is 0 Å². The van der Waals surface area contributed by atoms with Crippen molar-refractivity contribution in [3.8, 4) is 0 Å². The summed E-state index contributed by atoms with van der Waals surface area (Å²) >= 11 is 0. The van der Waals surface area contributed by atoms with Crippen molar-refractivity contribution in [2.75, 3.05) is 30.4 Å². The minimum Gasteiger partial charge on any atom is -0.382 e. The first kappa shape index (κ1) is 12.8. The Hall–Kier alpha value is -2.64. The third kappa shape index (κ3) is 2.46. The Morgan fingerprint density at radius 2 is 1.95 bits per heavy atom. The SMILES string of the molecule is CNc1cccc(N2CC(=O)NC(=O)C2)c1[N+](=O)[O-]. The predicted molar refractivity (Wildman–Crippen MR) is 68.0 cm³/mol. The van der Waals surface area contributed by atoms with Gasteiger partial charge in [-0.3, -0.25) is 25.0 Å². The second-order valence-corrected chi connectivity index (χ2v) is 4.01. The van der Waals surface area contributed by atoms with Crippen molar-refractivity contribution in [3.63, 3.8) is 0 Å². The zero-order chi connectivity index (χ0) is 14.0. The molecule has 0 spiro atoms. The molecule has 1 aliphatic rings. The minimum absolute atomic E-state index is 0.0836. The van der Waals surface area contributed by atoms with Crippen LogP contribution in [0.4, 0.5) is 17.1 Å². The molecule has 1 saturated heterocycles. The van der Waals surface area contributed by atoms with Crippen LogP contribution in [0.15, 0.2) is 18.2 Å². The van der Waals surface area contributed by atoms with Crippen molar-refractivity contribution in [3.05, 3.63) is 28.3 Å². The Bertz CT molecular complexity index is 542. The van der Waals surface area contributed by atoms with E-state index in [2.05, 4.69) is 10.6 Å². The highest BCUT2D eigenvalue weighted by Crippen LogP contribution is 2.35. The summed E-state index contributed by atoms with van der Waals surface area (Å²) in [7, 11) is 1.57. The summed E-state index contributed by atoms with van der Waals surface area (Å²) in [5, 5.41) is 16.0. The van der Waals surface area contributed by atoms with Crippen molar-refractivity contribution in [1.29, 1.82) is 0 Å². The summed E-state index contributed by atoms with van der Waals surface area (Å²) in [5.74, 6) is -0.944. The van der Waals surface area contributed by atoms with Crippen LogP contribution in [0.5, 0.6) is 0 Å². The van der Waals surface area contributed by atoms with E-state index in [4.69, 9.17) is 0 Å². The van der Waals surface area contributed by atoms with E-state index in [1.54, 1.807) is 19.2 Å². The van der Waals surface area contributed by atoms with Crippen LogP contribution in [0.3, 0.4) is 0 Å². The van der Waals surface area contributed by atoms with Gasteiger partial charge >= 0.3 is 5.69 Å². The van der Waals surface area contributed by atoms with E-state index in [1.165, 1.54) is 11.0 Å². The number of nitrogens with zero attached hydrogens (tertiary/aromatic N) is 2. The maximum Gasteiger partial charge on any atom is 0.315 e. The number of nitro benzene ring substituents is 1. The molecular weight excluding hydrogens is 252 g/mol. The first-order valence-corrected chi connectivity index (χ1v) is 5.55. The predicted octanol–water partition coefficient (Wildman–Crippen LogP) is 0.0993. The number of benzene rings is 1. The molecule has 0 aliphatic carbocycles. The Balaban J connectivity index is 2.46. The summed E-state index contributed by atoms with van der Waals surface area (Å²) in [6.07, 6.45) is 0. The lowest BCUT2D eigenvalue weighted by Gasteiger charge is -2.27. The Morgan fingerprint density at radius 1 is 1.32 bits per heavy atom. The molecule has 1 aromatic rings. The second kappa shape index (κ2) is 4.92. The van der Waals surface area contributed by atoms with E-state index in [0.717, 1.165) is 0 Å². The number of nitro groups is 1. The van der Waals surface area contributed by atoms with Gasteiger partial charge in [0.25, 0.3) is 0 Å². The molecule has 1 aliphatic heterocycles. The maximum atomic E-state index is 11.3. The van der Waals surface area contributed by atoms with Crippen LogP contribution in [-0.2, 0) is 9.59 Å². The van der Waals surface area contributed by atoms with E-state index in [0.29, 0.717) is 5.69 Å². The number of para-hydroxylation sites is 1. The molecule has 19 heavy (non-hydrogen) atoms. The highest BCUT2D eigenvalue weighted by molar-refractivity contribution is 6.03. The van der Waals surface area contributed by atoms with Crippen molar-refractivity contribution in [2.24, 2.45) is 0 Å². The van der Waals surface area contributed by atoms with Crippen molar-refractivity contribution in [1.82, 2.24) is 5.32 Å². The molecule has 2 amide bonds. The monoisotopic (exact) mass is 264 g/mol. The van der Waals surface area contributed by atoms with Gasteiger partial charge in [-0.25, -0.2) is 0 Å². The van der Waals surface area contributed by atoms with Gasteiger partial charge in [0.15, 0.2) is 0 Å². The zero-order valence-corrected chi connectivity index (χ0v) is 10.2. The Labute approximate surface area is 108 Å². The molecule has 100 valence electrons. The van der Waals surface area contributed by atoms with E-state index >= 15 is 0 Å². The van der Waals surface area contributed by atoms with Crippen LogP contribution in [0.25, 0.3) is 0 Å². The number of piperazine rings is 1. The van der Waals surface area contributed by atoms with E-state index in [-0.39, 0.29) is 24.5 Å². The van der Waals surface area contributed by atoms with Gasteiger partial charge in [0.05, 0.1) is 18.0 Å². The quantitative estimate of drug-likeness (QED) is 0.456. The summed E-state index contributed by atoms with van der Waals surface area (Å²) in [6.45, 7) is -0.167. The molecule has 8 nitrogen and oxygen atoms in total. The van der Waals surface area contributed by atoms with Gasteiger partial charge < -0.3 is 10.2 Å². The second-order valence-electron chi connectivity index (χ2n) is 4.01.